The van der Waals surface area contributed by atoms with Crippen molar-refractivity contribution >= 4 is 24.1 Å². The summed E-state index contributed by atoms with van der Waals surface area (Å²) in [6.07, 6.45) is 4.80. The molecule has 188 valence electrons. The van der Waals surface area contributed by atoms with Gasteiger partial charge >= 0.3 is 7.12 Å². The zero-order valence-electron chi connectivity index (χ0n) is 21.6. The first kappa shape index (κ1) is 24.7. The van der Waals surface area contributed by atoms with Crippen LogP contribution < -0.4 is 21.7 Å². The molecule has 2 N–H and O–H groups in total. The number of aromatic nitrogens is 2. The third-order valence-electron chi connectivity index (χ3n) is 7.77. The molecule has 0 saturated carbocycles. The van der Waals surface area contributed by atoms with Crippen LogP contribution in [0.2, 0.25) is 0 Å². The molecule has 9 heteroatoms. The molecular formula is C27H33BN4O4. The first-order valence-corrected chi connectivity index (χ1v) is 12.5. The quantitative estimate of drug-likeness (QED) is 0.518. The molecule has 4 heterocycles. The van der Waals surface area contributed by atoms with Crippen molar-refractivity contribution in [3.05, 3.63) is 64.2 Å². The van der Waals surface area contributed by atoms with E-state index in [1.807, 2.05) is 24.3 Å². The Bertz CT molecular complexity index is 1370. The smallest absolute Gasteiger partial charge is 0.399 e. The van der Waals surface area contributed by atoms with Crippen LogP contribution in [0.5, 0.6) is 0 Å². The summed E-state index contributed by atoms with van der Waals surface area (Å²) in [5.74, 6) is 0.0850. The van der Waals surface area contributed by atoms with Gasteiger partial charge in [-0.25, -0.2) is 4.98 Å². The molecule has 3 aromatic rings. The van der Waals surface area contributed by atoms with Crippen molar-refractivity contribution in [3.8, 4) is 11.1 Å². The minimum atomic E-state index is -0.441. The number of nitrogens with one attached hydrogen (secondary N) is 2. The molecule has 0 spiro atoms. The molecule has 2 saturated heterocycles. The molecule has 2 fully saturated rings. The van der Waals surface area contributed by atoms with Crippen molar-refractivity contribution in [1.82, 2.24) is 20.0 Å². The number of rotatable bonds is 6. The van der Waals surface area contributed by atoms with Crippen LogP contribution in [0.4, 0.5) is 0 Å². The van der Waals surface area contributed by atoms with Gasteiger partial charge in [-0.15, -0.1) is 0 Å². The van der Waals surface area contributed by atoms with Gasteiger partial charge in [-0.3, -0.25) is 14.0 Å². The number of fused-ring (bicyclic) bond motifs is 1. The molecule has 8 nitrogen and oxygen atoms in total. The highest BCUT2D eigenvalue weighted by Crippen LogP contribution is 2.37. The van der Waals surface area contributed by atoms with Gasteiger partial charge in [-0.1, -0.05) is 18.2 Å². The monoisotopic (exact) mass is 488 g/mol. The summed E-state index contributed by atoms with van der Waals surface area (Å²) in [4.78, 5) is 29.0. The fourth-order valence-corrected chi connectivity index (χ4v) is 4.81. The number of nitrogens with zero attached hydrogens (tertiary/aromatic N) is 2. The van der Waals surface area contributed by atoms with E-state index in [-0.39, 0.29) is 17.5 Å². The molecule has 0 radical (unpaired) electrons. The number of hydrogen-bond acceptors (Lipinski definition) is 6. The summed E-state index contributed by atoms with van der Waals surface area (Å²) in [6.45, 7) is 11.3. The molecule has 5 rings (SSSR count). The van der Waals surface area contributed by atoms with Gasteiger partial charge in [-0.2, -0.15) is 0 Å². The van der Waals surface area contributed by atoms with Gasteiger partial charge in [0.2, 0.25) is 5.91 Å². The largest absolute Gasteiger partial charge is 0.495 e. The molecule has 2 aromatic heterocycles. The molecule has 2 aliphatic rings. The van der Waals surface area contributed by atoms with E-state index in [0.29, 0.717) is 30.7 Å². The third-order valence-corrected chi connectivity index (χ3v) is 7.77. The standard InChI is InChI=1S/C27H33BN4O4/c1-17-21(7-6-8-22(17)28-35-26(2,3)27(4,5)36-28)18-11-12-32-23(13-18)30-15-19(25(32)34)14-29-16-20-9-10-24(33)31-20/h6-8,11-13,15,20,29H,9-10,14,16H2,1-5H3,(H,31,33)/t20-/m0/s1. The maximum absolute atomic E-state index is 13.1. The van der Waals surface area contributed by atoms with Gasteiger partial charge in [0, 0.05) is 43.5 Å². The number of carbonyl (C=O) groups excluding carboxylic acids is 1. The van der Waals surface area contributed by atoms with Crippen LogP contribution in [0.3, 0.4) is 0 Å². The molecule has 1 atom stereocenters. The Hall–Kier alpha value is -3.01. The molecule has 0 aliphatic carbocycles. The zero-order chi connectivity index (χ0) is 25.7. The van der Waals surface area contributed by atoms with Crippen molar-refractivity contribution in [3.63, 3.8) is 0 Å². The van der Waals surface area contributed by atoms with E-state index in [1.165, 1.54) is 0 Å². The molecule has 2 aliphatic heterocycles. The predicted octanol–water partition coefficient (Wildman–Crippen LogP) is 2.34. The van der Waals surface area contributed by atoms with Gasteiger partial charge < -0.3 is 19.9 Å². The molecule has 1 amide bonds. The number of carbonyl (C=O) groups is 1. The average Bonchev–Trinajstić information content (AvgIpc) is 3.33. The summed E-state index contributed by atoms with van der Waals surface area (Å²) in [6, 6.07) is 10.1. The minimum Gasteiger partial charge on any atom is -0.399 e. The highest BCUT2D eigenvalue weighted by atomic mass is 16.7. The van der Waals surface area contributed by atoms with Crippen LogP contribution in [-0.2, 0) is 20.6 Å². The Morgan fingerprint density at radius 3 is 2.61 bits per heavy atom. The van der Waals surface area contributed by atoms with Crippen molar-refractivity contribution in [2.75, 3.05) is 6.54 Å². The summed E-state index contributed by atoms with van der Waals surface area (Å²) in [5.41, 5.74) is 4.34. The van der Waals surface area contributed by atoms with Crippen molar-refractivity contribution < 1.29 is 14.1 Å². The van der Waals surface area contributed by atoms with E-state index in [2.05, 4.69) is 56.3 Å². The van der Waals surface area contributed by atoms with E-state index in [4.69, 9.17) is 9.31 Å². The Morgan fingerprint density at radius 1 is 1.17 bits per heavy atom. The molecule has 1 aromatic carbocycles. The van der Waals surface area contributed by atoms with Crippen LogP contribution in [0.25, 0.3) is 16.8 Å². The van der Waals surface area contributed by atoms with Crippen LogP contribution in [0.1, 0.15) is 51.7 Å². The van der Waals surface area contributed by atoms with Crippen LogP contribution in [-0.4, -0.2) is 46.2 Å². The summed E-state index contributed by atoms with van der Waals surface area (Å²) < 4.78 is 14.1. The minimum absolute atomic E-state index is 0.0850. The van der Waals surface area contributed by atoms with Gasteiger partial charge in [-0.05, 0) is 75.3 Å². The fraction of sp³-hybridized carbons (Fsp3) is 0.444. The lowest BCUT2D eigenvalue weighted by atomic mass is 9.74. The molecular weight excluding hydrogens is 455 g/mol. The van der Waals surface area contributed by atoms with E-state index in [1.54, 1.807) is 16.8 Å². The Balaban J connectivity index is 1.38. The first-order chi connectivity index (χ1) is 17.1. The van der Waals surface area contributed by atoms with Crippen molar-refractivity contribution in [2.45, 2.75) is 71.2 Å². The first-order valence-electron chi connectivity index (χ1n) is 12.5. The Kier molecular flexibility index (Phi) is 6.26. The lowest BCUT2D eigenvalue weighted by Crippen LogP contribution is -2.41. The van der Waals surface area contributed by atoms with Crippen LogP contribution >= 0.6 is 0 Å². The van der Waals surface area contributed by atoms with Gasteiger partial charge in [0.05, 0.1) is 11.2 Å². The van der Waals surface area contributed by atoms with E-state index in [9.17, 15) is 9.59 Å². The average molecular weight is 488 g/mol. The second kappa shape index (κ2) is 9.14. The SMILES string of the molecule is Cc1c(B2OC(C)(C)C(C)(C)O2)cccc1-c1ccn2c(=O)c(CNC[C@@H]3CCC(=O)N3)cnc2c1. The third kappa shape index (κ3) is 4.47. The number of pyridine rings is 1. The number of hydrogen-bond donors (Lipinski definition) is 2. The van der Waals surface area contributed by atoms with Gasteiger partial charge in [0.15, 0.2) is 0 Å². The van der Waals surface area contributed by atoms with Crippen LogP contribution in [0, 0.1) is 6.92 Å². The van der Waals surface area contributed by atoms with Gasteiger partial charge in [0.1, 0.15) is 5.65 Å². The topological polar surface area (TPSA) is 94.0 Å². The summed E-state index contributed by atoms with van der Waals surface area (Å²) >= 11 is 0. The normalized spacial score (nSPS) is 20.8. The summed E-state index contributed by atoms with van der Waals surface area (Å²) in [5, 5.41) is 6.19. The lowest BCUT2D eigenvalue weighted by Gasteiger charge is -2.32. The highest BCUT2D eigenvalue weighted by molar-refractivity contribution is 6.62. The Labute approximate surface area is 211 Å². The van der Waals surface area contributed by atoms with E-state index >= 15 is 0 Å². The van der Waals surface area contributed by atoms with E-state index in [0.717, 1.165) is 28.6 Å². The van der Waals surface area contributed by atoms with E-state index < -0.39 is 18.3 Å². The van der Waals surface area contributed by atoms with Crippen LogP contribution in [0.15, 0.2) is 47.5 Å². The second-order valence-corrected chi connectivity index (χ2v) is 10.8. The maximum atomic E-state index is 13.1. The van der Waals surface area contributed by atoms with Gasteiger partial charge in [0.25, 0.3) is 5.56 Å². The number of amides is 1. The number of benzene rings is 1. The zero-order valence-corrected chi connectivity index (χ0v) is 21.6. The Morgan fingerprint density at radius 2 is 1.92 bits per heavy atom. The molecule has 0 bridgehead atoms. The highest BCUT2D eigenvalue weighted by Gasteiger charge is 2.52. The lowest BCUT2D eigenvalue weighted by molar-refractivity contribution is -0.119. The predicted molar refractivity (Wildman–Crippen MR) is 140 cm³/mol. The molecule has 36 heavy (non-hydrogen) atoms. The summed E-state index contributed by atoms with van der Waals surface area (Å²) in [7, 11) is -0.441. The molecule has 0 unspecified atom stereocenters. The fourth-order valence-electron chi connectivity index (χ4n) is 4.81. The second-order valence-electron chi connectivity index (χ2n) is 10.8. The van der Waals surface area contributed by atoms with Crippen molar-refractivity contribution in [2.24, 2.45) is 0 Å². The maximum Gasteiger partial charge on any atom is 0.495 e. The van der Waals surface area contributed by atoms with Crippen molar-refractivity contribution in [1.29, 1.82) is 0 Å².